The fourth-order valence-electron chi connectivity index (χ4n) is 2.85. The first-order valence-corrected chi connectivity index (χ1v) is 8.08. The molecule has 1 nitrogen and oxygen atoms in total. The van der Waals surface area contributed by atoms with Gasteiger partial charge in [0.1, 0.15) is 0 Å². The lowest BCUT2D eigenvalue weighted by atomic mass is 10.1. The second-order valence-electron chi connectivity index (χ2n) is 5.83. The van der Waals surface area contributed by atoms with Crippen LogP contribution in [0.1, 0.15) is 84.5 Å². The summed E-state index contributed by atoms with van der Waals surface area (Å²) in [6.45, 7) is 7.41. The fraction of sp³-hybridized carbons (Fsp3) is 1.00. The Hall–Kier alpha value is -0.0400. The zero-order valence-corrected chi connectivity index (χ0v) is 12.2. The molecule has 1 heterocycles. The Labute approximate surface area is 109 Å². The van der Waals surface area contributed by atoms with Crippen molar-refractivity contribution in [3.63, 3.8) is 0 Å². The van der Waals surface area contributed by atoms with Crippen LogP contribution in [0.15, 0.2) is 0 Å². The van der Waals surface area contributed by atoms with Crippen LogP contribution in [0.4, 0.5) is 0 Å². The van der Waals surface area contributed by atoms with Gasteiger partial charge in [-0.2, -0.15) is 0 Å². The second-order valence-corrected chi connectivity index (χ2v) is 5.83. The molecule has 0 bridgehead atoms. The summed E-state index contributed by atoms with van der Waals surface area (Å²) >= 11 is 0. The SMILES string of the molecule is CCC(C)N1CCCCCCCCCCCC1. The minimum atomic E-state index is 0.792. The minimum Gasteiger partial charge on any atom is -0.301 e. The molecule has 0 amide bonds. The molecule has 1 heteroatoms. The van der Waals surface area contributed by atoms with Gasteiger partial charge in [-0.3, -0.25) is 0 Å². The van der Waals surface area contributed by atoms with Crippen molar-refractivity contribution in [2.24, 2.45) is 0 Å². The van der Waals surface area contributed by atoms with E-state index in [1.807, 2.05) is 0 Å². The molecule has 0 N–H and O–H groups in total. The maximum absolute atomic E-state index is 2.73. The lowest BCUT2D eigenvalue weighted by molar-refractivity contribution is 0.195. The molecule has 0 aliphatic carbocycles. The Morgan fingerprint density at radius 2 is 1.06 bits per heavy atom. The quantitative estimate of drug-likeness (QED) is 0.655. The van der Waals surface area contributed by atoms with Crippen LogP contribution in [0.2, 0.25) is 0 Å². The van der Waals surface area contributed by atoms with E-state index in [0.29, 0.717) is 0 Å². The van der Waals surface area contributed by atoms with E-state index in [4.69, 9.17) is 0 Å². The summed E-state index contributed by atoms with van der Waals surface area (Å²) in [7, 11) is 0. The first-order valence-electron chi connectivity index (χ1n) is 8.08. The summed E-state index contributed by atoms with van der Waals surface area (Å²) < 4.78 is 0. The van der Waals surface area contributed by atoms with Gasteiger partial charge in [0, 0.05) is 6.04 Å². The Bertz CT molecular complexity index is 153. The van der Waals surface area contributed by atoms with Crippen molar-refractivity contribution in [3.05, 3.63) is 0 Å². The highest BCUT2D eigenvalue weighted by atomic mass is 15.1. The minimum absolute atomic E-state index is 0.792. The predicted octanol–water partition coefficient (Wildman–Crippen LogP) is 5.00. The van der Waals surface area contributed by atoms with Gasteiger partial charge in [0.2, 0.25) is 0 Å². The summed E-state index contributed by atoms with van der Waals surface area (Å²) in [5.41, 5.74) is 0. The van der Waals surface area contributed by atoms with Crippen molar-refractivity contribution in [2.45, 2.75) is 90.5 Å². The fourth-order valence-corrected chi connectivity index (χ4v) is 2.85. The van der Waals surface area contributed by atoms with Crippen LogP contribution >= 0.6 is 0 Å². The summed E-state index contributed by atoms with van der Waals surface area (Å²) in [5, 5.41) is 0. The Kier molecular flexibility index (Phi) is 8.78. The second kappa shape index (κ2) is 9.94. The van der Waals surface area contributed by atoms with Crippen molar-refractivity contribution < 1.29 is 0 Å². The molecule has 0 radical (unpaired) electrons. The lowest BCUT2D eigenvalue weighted by Gasteiger charge is -2.28. The van der Waals surface area contributed by atoms with Crippen LogP contribution in [0.3, 0.4) is 0 Å². The average Bonchev–Trinajstić information content (AvgIpc) is 2.38. The van der Waals surface area contributed by atoms with Gasteiger partial charge >= 0.3 is 0 Å². The Morgan fingerprint density at radius 1 is 0.706 bits per heavy atom. The smallest absolute Gasteiger partial charge is 0.00643 e. The van der Waals surface area contributed by atoms with E-state index in [9.17, 15) is 0 Å². The molecule has 0 aromatic heterocycles. The topological polar surface area (TPSA) is 3.24 Å². The highest BCUT2D eigenvalue weighted by Gasteiger charge is 2.11. The molecule has 1 aliphatic heterocycles. The van der Waals surface area contributed by atoms with E-state index >= 15 is 0 Å². The zero-order chi connectivity index (χ0) is 12.3. The van der Waals surface area contributed by atoms with Crippen molar-refractivity contribution in [1.82, 2.24) is 4.90 Å². The predicted molar refractivity (Wildman–Crippen MR) is 77.5 cm³/mol. The van der Waals surface area contributed by atoms with Gasteiger partial charge in [0.25, 0.3) is 0 Å². The normalized spacial score (nSPS) is 24.4. The molecule has 0 aromatic carbocycles. The van der Waals surface area contributed by atoms with Crippen molar-refractivity contribution >= 4 is 0 Å². The summed E-state index contributed by atoms with van der Waals surface area (Å²) in [6, 6.07) is 0.792. The van der Waals surface area contributed by atoms with Crippen LogP contribution in [0.25, 0.3) is 0 Å². The maximum atomic E-state index is 2.73. The molecule has 1 rings (SSSR count). The molecule has 1 fully saturated rings. The third-order valence-corrected chi connectivity index (χ3v) is 4.35. The van der Waals surface area contributed by atoms with E-state index < -0.39 is 0 Å². The van der Waals surface area contributed by atoms with Crippen LogP contribution in [0.5, 0.6) is 0 Å². The van der Waals surface area contributed by atoms with E-state index in [1.54, 1.807) is 0 Å². The van der Waals surface area contributed by atoms with Gasteiger partial charge in [-0.15, -0.1) is 0 Å². The van der Waals surface area contributed by atoms with Crippen molar-refractivity contribution in [2.75, 3.05) is 13.1 Å². The van der Waals surface area contributed by atoms with Gasteiger partial charge in [-0.25, -0.2) is 0 Å². The number of hydrogen-bond donors (Lipinski definition) is 0. The first-order chi connectivity index (χ1) is 8.34. The summed E-state index contributed by atoms with van der Waals surface area (Å²) in [5.74, 6) is 0. The molecule has 17 heavy (non-hydrogen) atoms. The van der Waals surface area contributed by atoms with Gasteiger partial charge in [0.05, 0.1) is 0 Å². The highest BCUT2D eigenvalue weighted by Crippen LogP contribution is 2.14. The third-order valence-electron chi connectivity index (χ3n) is 4.35. The van der Waals surface area contributed by atoms with Crippen molar-refractivity contribution in [1.29, 1.82) is 0 Å². The molecule has 0 spiro atoms. The molecule has 0 aromatic rings. The van der Waals surface area contributed by atoms with Crippen LogP contribution < -0.4 is 0 Å². The monoisotopic (exact) mass is 239 g/mol. The van der Waals surface area contributed by atoms with E-state index in [2.05, 4.69) is 18.7 Å². The molecule has 1 unspecified atom stereocenters. The molecule has 1 atom stereocenters. The average molecular weight is 239 g/mol. The summed E-state index contributed by atoms with van der Waals surface area (Å²) in [6.07, 6.45) is 15.9. The number of nitrogens with zero attached hydrogens (tertiary/aromatic N) is 1. The van der Waals surface area contributed by atoms with Gasteiger partial charge in [0.15, 0.2) is 0 Å². The van der Waals surface area contributed by atoms with Gasteiger partial charge in [-0.1, -0.05) is 58.3 Å². The van der Waals surface area contributed by atoms with Crippen LogP contribution in [-0.2, 0) is 0 Å². The number of hydrogen-bond acceptors (Lipinski definition) is 1. The van der Waals surface area contributed by atoms with Gasteiger partial charge in [-0.05, 0) is 39.3 Å². The third kappa shape index (κ3) is 7.08. The molecule has 102 valence electrons. The molecule has 0 saturated carbocycles. The molecule has 1 saturated heterocycles. The van der Waals surface area contributed by atoms with E-state index in [1.165, 1.54) is 83.7 Å². The molecular formula is C16H33N. The van der Waals surface area contributed by atoms with Crippen LogP contribution in [-0.4, -0.2) is 24.0 Å². The Morgan fingerprint density at radius 3 is 1.41 bits per heavy atom. The Balaban J connectivity index is 2.30. The highest BCUT2D eigenvalue weighted by molar-refractivity contribution is 4.66. The number of rotatable bonds is 2. The largest absolute Gasteiger partial charge is 0.301 e. The molecule has 1 aliphatic rings. The van der Waals surface area contributed by atoms with Crippen molar-refractivity contribution in [3.8, 4) is 0 Å². The molecular weight excluding hydrogens is 206 g/mol. The zero-order valence-electron chi connectivity index (χ0n) is 12.2. The lowest BCUT2D eigenvalue weighted by Crippen LogP contribution is -2.34. The summed E-state index contributed by atoms with van der Waals surface area (Å²) in [4.78, 5) is 2.73. The van der Waals surface area contributed by atoms with E-state index in [0.717, 1.165) is 6.04 Å². The first kappa shape index (κ1) is 15.0. The maximum Gasteiger partial charge on any atom is 0.00643 e. The van der Waals surface area contributed by atoms with Crippen LogP contribution in [0, 0.1) is 0 Å². The van der Waals surface area contributed by atoms with E-state index in [-0.39, 0.29) is 0 Å². The standard InChI is InChI=1S/C16H33N/c1-3-16(2)17-14-12-10-8-6-4-5-7-9-11-13-15-17/h16H,3-15H2,1-2H3. The van der Waals surface area contributed by atoms with Gasteiger partial charge < -0.3 is 4.90 Å².